The number of likely N-dealkylation sites (N-methyl/N-ethyl adjacent to an activating group) is 2. The Labute approximate surface area is 310 Å². The molecular formula is C36H38F8N6O5. The van der Waals surface area contributed by atoms with Crippen LogP contribution in [0.25, 0.3) is 11.3 Å². The predicted octanol–water partition coefficient (Wildman–Crippen LogP) is 6.33. The number of carbonyl (C=O) groups excluding carboxylic acids is 2. The number of alkyl halides is 6. The summed E-state index contributed by atoms with van der Waals surface area (Å²) in [7, 11) is 4.79. The average molecular weight is 787 g/mol. The number of methoxy groups -OCH3 is 1. The summed E-state index contributed by atoms with van der Waals surface area (Å²) < 4.78 is 124. The highest BCUT2D eigenvalue weighted by Gasteiger charge is 2.55. The molecule has 11 nitrogen and oxygen atoms in total. The van der Waals surface area contributed by atoms with Gasteiger partial charge in [0.15, 0.2) is 28.6 Å². The minimum atomic E-state index is -4.99. The van der Waals surface area contributed by atoms with Crippen molar-refractivity contribution in [2.75, 3.05) is 59.4 Å². The van der Waals surface area contributed by atoms with Crippen molar-refractivity contribution in [2.45, 2.75) is 50.6 Å². The number of hydrogen-bond donors (Lipinski definition) is 2. The molecule has 0 saturated heterocycles. The molecule has 55 heavy (non-hydrogen) atoms. The van der Waals surface area contributed by atoms with E-state index < -0.39 is 99.4 Å². The lowest BCUT2D eigenvalue weighted by atomic mass is 9.87. The summed E-state index contributed by atoms with van der Waals surface area (Å²) >= 11 is 0. The molecule has 2 aliphatic rings. The van der Waals surface area contributed by atoms with E-state index in [1.165, 1.54) is 29.2 Å². The van der Waals surface area contributed by atoms with Crippen LogP contribution in [0.1, 0.15) is 41.6 Å². The van der Waals surface area contributed by atoms with Gasteiger partial charge in [0.2, 0.25) is 5.82 Å². The Bertz CT molecular complexity index is 1970. The molecule has 1 fully saturated rings. The van der Waals surface area contributed by atoms with Crippen molar-refractivity contribution in [3.05, 3.63) is 82.0 Å². The number of carbonyl (C=O) groups is 2. The second-order valence-corrected chi connectivity index (χ2v) is 13.2. The third kappa shape index (κ3) is 8.44. The number of hydrazine groups is 1. The third-order valence-electron chi connectivity index (χ3n) is 9.76. The van der Waals surface area contributed by atoms with Crippen LogP contribution in [0.2, 0.25) is 0 Å². The van der Waals surface area contributed by atoms with Gasteiger partial charge in [-0.2, -0.15) is 30.7 Å². The zero-order valence-electron chi connectivity index (χ0n) is 30.2. The first-order valence-electron chi connectivity index (χ1n) is 16.9. The number of aromatic nitrogens is 2. The van der Waals surface area contributed by atoms with E-state index in [0.29, 0.717) is 44.6 Å². The maximum atomic E-state index is 15.5. The van der Waals surface area contributed by atoms with Crippen molar-refractivity contribution in [3.63, 3.8) is 0 Å². The highest BCUT2D eigenvalue weighted by molar-refractivity contribution is 6.08. The third-order valence-corrected chi connectivity index (χ3v) is 9.76. The van der Waals surface area contributed by atoms with Crippen molar-refractivity contribution in [3.8, 4) is 17.0 Å². The molecule has 1 saturated carbocycles. The molecule has 0 radical (unpaired) electrons. The zero-order valence-corrected chi connectivity index (χ0v) is 30.2. The molecule has 1 aromatic heterocycles. The number of aliphatic hydroxyl groups excluding tert-OH is 1. The normalized spacial score (nSPS) is 18.5. The number of nitrogens with one attached hydrogen (secondary N) is 1. The van der Waals surface area contributed by atoms with Crippen LogP contribution < -0.4 is 10.1 Å². The predicted molar refractivity (Wildman–Crippen MR) is 181 cm³/mol. The van der Waals surface area contributed by atoms with Gasteiger partial charge in [-0.05, 0) is 51.1 Å². The van der Waals surface area contributed by atoms with Crippen molar-refractivity contribution in [2.24, 2.45) is 0 Å². The Morgan fingerprint density at radius 1 is 1.04 bits per heavy atom. The lowest BCUT2D eigenvalue weighted by Gasteiger charge is -2.47. The number of halogens is 8. The Morgan fingerprint density at radius 2 is 1.75 bits per heavy atom. The summed E-state index contributed by atoms with van der Waals surface area (Å²) in [5, 5.41) is 16.6. The number of nitrogens with zero attached hydrogens (tertiary/aromatic N) is 5. The number of Topliss-reactive ketones (excluding diaryl/α,β-unsaturated/α-hetero) is 1. The van der Waals surface area contributed by atoms with E-state index in [1.54, 1.807) is 14.2 Å². The second-order valence-electron chi connectivity index (χ2n) is 13.2. The number of aliphatic hydroxyl groups is 1. The highest BCUT2D eigenvalue weighted by atomic mass is 19.4. The molecule has 1 atom stereocenters. The van der Waals surface area contributed by atoms with Gasteiger partial charge in [0.05, 0.1) is 29.1 Å². The van der Waals surface area contributed by atoms with Gasteiger partial charge in [-0.15, -0.1) is 0 Å². The molecule has 1 aliphatic heterocycles. The molecule has 298 valence electrons. The lowest BCUT2D eigenvalue weighted by molar-refractivity contribution is -0.147. The molecule has 2 heterocycles. The van der Waals surface area contributed by atoms with E-state index in [4.69, 9.17) is 9.47 Å². The van der Waals surface area contributed by atoms with Crippen LogP contribution in [0.5, 0.6) is 5.75 Å². The Balaban J connectivity index is 1.48. The number of anilines is 1. The van der Waals surface area contributed by atoms with E-state index in [1.807, 2.05) is 4.90 Å². The van der Waals surface area contributed by atoms with Crippen LogP contribution in [0.3, 0.4) is 0 Å². The first-order chi connectivity index (χ1) is 25.8. The minimum Gasteiger partial charge on any atom is -0.509 e. The number of ketones is 1. The summed E-state index contributed by atoms with van der Waals surface area (Å²) in [5.74, 6) is -5.15. The first kappa shape index (κ1) is 41.4. The molecule has 5 rings (SSSR count). The quantitative estimate of drug-likeness (QED) is 0.202. The van der Waals surface area contributed by atoms with Gasteiger partial charge in [-0.1, -0.05) is 6.07 Å². The largest absolute Gasteiger partial charge is 0.509 e. The number of hydrogen-bond acceptors (Lipinski definition) is 10. The molecule has 2 N–H and O–H groups in total. The van der Waals surface area contributed by atoms with Gasteiger partial charge in [0.1, 0.15) is 18.7 Å². The molecular weight excluding hydrogens is 748 g/mol. The van der Waals surface area contributed by atoms with Gasteiger partial charge in [-0.25, -0.2) is 24.4 Å². The summed E-state index contributed by atoms with van der Waals surface area (Å²) in [6, 6.07) is 4.44. The van der Waals surface area contributed by atoms with Crippen LogP contribution >= 0.6 is 0 Å². The minimum absolute atomic E-state index is 0.00437. The number of benzene rings is 2. The van der Waals surface area contributed by atoms with E-state index in [-0.39, 0.29) is 30.8 Å². The topological polar surface area (TPSA) is 120 Å². The summed E-state index contributed by atoms with van der Waals surface area (Å²) in [6.07, 6.45) is -9.07. The maximum Gasteiger partial charge on any atom is 0.433 e. The van der Waals surface area contributed by atoms with Crippen molar-refractivity contribution in [1.29, 1.82) is 0 Å². The molecule has 1 aliphatic carbocycles. The van der Waals surface area contributed by atoms with E-state index in [9.17, 15) is 41.0 Å². The maximum absolute atomic E-state index is 15.5. The smallest absolute Gasteiger partial charge is 0.433 e. The fraction of sp³-hybridized carbons (Fsp3) is 0.444. The fourth-order valence-corrected chi connectivity index (χ4v) is 6.70. The van der Waals surface area contributed by atoms with Crippen molar-refractivity contribution < 1.29 is 59.3 Å². The van der Waals surface area contributed by atoms with Crippen LogP contribution in [-0.2, 0) is 33.2 Å². The Morgan fingerprint density at radius 3 is 2.38 bits per heavy atom. The van der Waals surface area contributed by atoms with Crippen molar-refractivity contribution >= 4 is 17.4 Å². The second kappa shape index (κ2) is 16.2. The monoisotopic (exact) mass is 786 g/mol. The molecule has 1 spiro atoms. The molecule has 1 unspecified atom stereocenters. The first-order valence-corrected chi connectivity index (χ1v) is 16.9. The van der Waals surface area contributed by atoms with E-state index in [2.05, 4.69) is 15.3 Å². The van der Waals surface area contributed by atoms with Gasteiger partial charge in [0.25, 0.3) is 5.91 Å². The Kier molecular flexibility index (Phi) is 12.2. The molecule has 2 aromatic carbocycles. The molecule has 3 aromatic rings. The molecule has 1 amide bonds. The van der Waals surface area contributed by atoms with Gasteiger partial charge >= 0.3 is 12.4 Å². The van der Waals surface area contributed by atoms with Crippen LogP contribution in [0.15, 0.2) is 48.0 Å². The Hall–Kier alpha value is -4.72. The fourth-order valence-electron chi connectivity index (χ4n) is 6.70. The standard InChI is InChI=1S/C36H38F8N6O5/c1-20-30(45-19-46-31(20)36(42,43)44)23-16-22(35(39,40)41)8-9-25(23)47-33(53)24-18-50(49(3)34(32(24)52)11-5-6-27(34)51)17-21-7-10-26(29(38)28(21)37)55-15-13-48(2)12-14-54-4/h7-10,16,19,52H,5-6,11-15,17-18H2,1-4H3,(H,47,53). The average Bonchev–Trinajstić information content (AvgIpc) is 3.51. The van der Waals surface area contributed by atoms with Crippen LogP contribution in [0, 0.1) is 18.6 Å². The number of rotatable bonds is 12. The molecule has 0 bridgehead atoms. The lowest BCUT2D eigenvalue weighted by Crippen LogP contribution is -2.63. The van der Waals surface area contributed by atoms with Crippen LogP contribution in [-0.4, -0.2) is 101 Å². The van der Waals surface area contributed by atoms with Gasteiger partial charge in [0, 0.05) is 63.4 Å². The SMILES string of the molecule is COCCN(C)CCOc1ccc(CN2CC(C(=O)Nc3ccc(C(F)(F)F)cc3-c3ncnc(C(F)(F)F)c3C)=C(O)C3(CCCC3=O)N2C)c(F)c1F. The van der Waals surface area contributed by atoms with Crippen molar-refractivity contribution in [1.82, 2.24) is 24.9 Å². The molecule has 19 heteroatoms. The summed E-state index contributed by atoms with van der Waals surface area (Å²) in [5.41, 5.74) is -7.21. The highest BCUT2D eigenvalue weighted by Crippen LogP contribution is 2.44. The zero-order chi connectivity index (χ0) is 40.5. The summed E-state index contributed by atoms with van der Waals surface area (Å²) in [4.78, 5) is 36.3. The van der Waals surface area contributed by atoms with Gasteiger partial charge in [-0.3, -0.25) is 9.59 Å². The number of amides is 1. The van der Waals surface area contributed by atoms with Gasteiger partial charge < -0.3 is 24.8 Å². The van der Waals surface area contributed by atoms with E-state index >= 15 is 8.78 Å². The van der Waals surface area contributed by atoms with E-state index in [0.717, 1.165) is 13.0 Å². The van der Waals surface area contributed by atoms with Crippen LogP contribution in [0.4, 0.5) is 40.8 Å². The summed E-state index contributed by atoms with van der Waals surface area (Å²) in [6.45, 7) is 1.53. The number of ether oxygens (including phenoxy) is 2.